The molecule has 1 saturated heterocycles. The third-order valence-electron chi connectivity index (χ3n) is 5.34. The fourth-order valence-electron chi connectivity index (χ4n) is 3.38. The zero-order chi connectivity index (χ0) is 25.7. The summed E-state index contributed by atoms with van der Waals surface area (Å²) in [6.45, 7) is 2.39. The molecule has 1 fully saturated rings. The number of amides is 2. The highest BCUT2D eigenvalue weighted by molar-refractivity contribution is 7.94. The lowest BCUT2D eigenvalue weighted by Gasteiger charge is -2.15. The molecule has 184 valence electrons. The standard InChI is InChI=1S/C26H23FN4O4S/c1-17-5-8-22(27)23(13-17)30-25(32)20-4-2-3-18(14-20)6-7-19-15-21(16-29-24(19)28)26(33)31-36(34)11-9-35-10-12-36/h2-5,8,13-16H,9-12H2,1H3,(H2,28,29)(H,30,32). The monoisotopic (exact) mass is 506 g/mol. The van der Waals surface area contributed by atoms with E-state index in [4.69, 9.17) is 10.5 Å². The van der Waals surface area contributed by atoms with E-state index in [1.165, 1.54) is 18.3 Å². The molecule has 2 heterocycles. The molecule has 1 aliphatic rings. The van der Waals surface area contributed by atoms with E-state index in [2.05, 4.69) is 26.5 Å². The van der Waals surface area contributed by atoms with Crippen LogP contribution >= 0.6 is 0 Å². The zero-order valence-corrected chi connectivity index (χ0v) is 20.2. The number of nitrogens with zero attached hydrogens (tertiary/aromatic N) is 2. The molecule has 0 radical (unpaired) electrons. The molecule has 0 aliphatic carbocycles. The smallest absolute Gasteiger partial charge is 0.286 e. The largest absolute Gasteiger partial charge is 0.383 e. The Labute approximate surface area is 208 Å². The zero-order valence-electron chi connectivity index (χ0n) is 19.4. The van der Waals surface area contributed by atoms with E-state index in [-0.39, 0.29) is 39.7 Å². The number of carbonyl (C=O) groups excluding carboxylic acids is 2. The number of halogens is 1. The maximum Gasteiger partial charge on any atom is 0.286 e. The third-order valence-corrected chi connectivity index (χ3v) is 7.45. The van der Waals surface area contributed by atoms with Crippen molar-refractivity contribution < 1.29 is 22.9 Å². The van der Waals surface area contributed by atoms with Gasteiger partial charge in [-0.15, -0.1) is 0 Å². The van der Waals surface area contributed by atoms with Crippen molar-refractivity contribution >= 4 is 33.0 Å². The van der Waals surface area contributed by atoms with Crippen LogP contribution in [0.15, 0.2) is 59.1 Å². The predicted octanol–water partition coefficient (Wildman–Crippen LogP) is 3.40. The van der Waals surface area contributed by atoms with Crippen LogP contribution in [0.4, 0.5) is 15.9 Å². The van der Waals surface area contributed by atoms with Crippen molar-refractivity contribution in [1.82, 2.24) is 4.98 Å². The second kappa shape index (κ2) is 10.7. The first-order chi connectivity index (χ1) is 17.2. The molecule has 0 unspecified atom stereocenters. The number of aromatic nitrogens is 1. The van der Waals surface area contributed by atoms with Crippen molar-refractivity contribution in [2.75, 3.05) is 35.8 Å². The maximum atomic E-state index is 14.0. The van der Waals surface area contributed by atoms with Gasteiger partial charge in [0, 0.05) is 17.3 Å². The van der Waals surface area contributed by atoms with Crippen molar-refractivity contribution in [3.05, 3.63) is 88.4 Å². The highest BCUT2D eigenvalue weighted by atomic mass is 32.2. The van der Waals surface area contributed by atoms with Crippen LogP contribution in [-0.4, -0.2) is 45.7 Å². The van der Waals surface area contributed by atoms with Gasteiger partial charge in [-0.25, -0.2) is 13.6 Å². The molecular weight excluding hydrogens is 483 g/mol. The Balaban J connectivity index is 1.55. The molecule has 1 aliphatic heterocycles. The summed E-state index contributed by atoms with van der Waals surface area (Å²) >= 11 is 0. The lowest BCUT2D eigenvalue weighted by Crippen LogP contribution is -2.26. The summed E-state index contributed by atoms with van der Waals surface area (Å²) < 4.78 is 35.8. The van der Waals surface area contributed by atoms with E-state index in [0.29, 0.717) is 18.8 Å². The molecule has 8 nitrogen and oxygen atoms in total. The summed E-state index contributed by atoms with van der Waals surface area (Å²) in [6.07, 6.45) is 1.27. The molecule has 0 atom stereocenters. The Hall–Kier alpha value is -4.07. The van der Waals surface area contributed by atoms with Crippen molar-refractivity contribution in [3.63, 3.8) is 0 Å². The Morgan fingerprint density at radius 3 is 2.67 bits per heavy atom. The third kappa shape index (κ3) is 6.13. The van der Waals surface area contributed by atoms with Gasteiger partial charge in [0.1, 0.15) is 11.6 Å². The number of nitrogens with one attached hydrogen (secondary N) is 1. The Kier molecular flexibility index (Phi) is 7.43. The maximum absolute atomic E-state index is 14.0. The number of aryl methyl sites for hydroxylation is 1. The molecule has 2 amide bonds. The highest BCUT2D eigenvalue weighted by Crippen LogP contribution is 2.18. The molecule has 3 aromatic rings. The van der Waals surface area contributed by atoms with Crippen LogP contribution < -0.4 is 11.1 Å². The van der Waals surface area contributed by atoms with E-state index < -0.39 is 27.4 Å². The molecule has 3 N–H and O–H groups in total. The van der Waals surface area contributed by atoms with Gasteiger partial charge in [-0.05, 0) is 48.9 Å². The van der Waals surface area contributed by atoms with Crippen LogP contribution in [0.2, 0.25) is 0 Å². The summed E-state index contributed by atoms with van der Waals surface area (Å²) in [5.41, 5.74) is 8.02. The van der Waals surface area contributed by atoms with E-state index in [0.717, 1.165) is 5.56 Å². The van der Waals surface area contributed by atoms with E-state index in [1.54, 1.807) is 43.3 Å². The Morgan fingerprint density at radius 2 is 1.89 bits per heavy atom. The molecule has 2 aromatic carbocycles. The summed E-state index contributed by atoms with van der Waals surface area (Å²) in [5, 5.41) is 2.56. The topological polar surface area (TPSA) is 124 Å². The predicted molar refractivity (Wildman–Crippen MR) is 136 cm³/mol. The van der Waals surface area contributed by atoms with Gasteiger partial charge in [0.25, 0.3) is 11.8 Å². The number of nitrogen functional groups attached to an aromatic ring is 1. The Bertz CT molecular complexity index is 1520. The molecule has 10 heteroatoms. The minimum absolute atomic E-state index is 0.0877. The average molecular weight is 507 g/mol. The SMILES string of the molecule is Cc1ccc(F)c(NC(=O)c2cccc(C#Cc3cc(C(=O)N=S4(=O)CCOCC4)cnc3N)c2)c1. The first-order valence-electron chi connectivity index (χ1n) is 11.0. The van der Waals surface area contributed by atoms with Crippen LogP contribution in [-0.2, 0) is 14.5 Å². The van der Waals surface area contributed by atoms with Gasteiger partial charge in [-0.1, -0.05) is 24.0 Å². The lowest BCUT2D eigenvalue weighted by molar-refractivity contribution is 0.100. The number of ether oxygens (including phenoxy) is 1. The number of nitrogens with two attached hydrogens (primary N) is 1. The minimum Gasteiger partial charge on any atom is -0.383 e. The number of anilines is 2. The first-order valence-corrected chi connectivity index (χ1v) is 12.9. The number of pyridine rings is 1. The van der Waals surface area contributed by atoms with Crippen molar-refractivity contribution in [2.24, 2.45) is 4.36 Å². The van der Waals surface area contributed by atoms with Gasteiger partial charge in [0.05, 0.1) is 51.3 Å². The van der Waals surface area contributed by atoms with E-state index in [9.17, 15) is 18.2 Å². The van der Waals surface area contributed by atoms with Gasteiger partial charge in [0.15, 0.2) is 0 Å². The molecular formula is C26H23FN4O4S. The fourth-order valence-corrected chi connectivity index (χ4v) is 4.93. The van der Waals surface area contributed by atoms with Crippen molar-refractivity contribution in [2.45, 2.75) is 6.92 Å². The molecule has 0 saturated carbocycles. The van der Waals surface area contributed by atoms with Crippen LogP contribution in [0, 0.1) is 24.6 Å². The quantitative estimate of drug-likeness (QED) is 0.525. The molecule has 0 bridgehead atoms. The van der Waals surface area contributed by atoms with Gasteiger partial charge in [0.2, 0.25) is 0 Å². The van der Waals surface area contributed by atoms with Gasteiger partial charge < -0.3 is 15.8 Å². The van der Waals surface area contributed by atoms with Gasteiger partial charge in [-0.3, -0.25) is 9.59 Å². The molecule has 4 rings (SSSR count). The van der Waals surface area contributed by atoms with Crippen LogP contribution in [0.3, 0.4) is 0 Å². The average Bonchev–Trinajstić information content (AvgIpc) is 2.86. The van der Waals surface area contributed by atoms with Crippen LogP contribution in [0.25, 0.3) is 0 Å². The molecule has 36 heavy (non-hydrogen) atoms. The number of hydrogen-bond acceptors (Lipinski definition) is 6. The second-order valence-corrected chi connectivity index (χ2v) is 10.7. The summed E-state index contributed by atoms with van der Waals surface area (Å²) in [5.74, 6) is 4.60. The molecule has 0 spiro atoms. The summed E-state index contributed by atoms with van der Waals surface area (Å²) in [7, 11) is -2.66. The van der Waals surface area contributed by atoms with E-state index in [1.807, 2.05) is 0 Å². The molecule has 1 aromatic heterocycles. The van der Waals surface area contributed by atoms with Gasteiger partial charge >= 0.3 is 0 Å². The normalized spacial score (nSPS) is 14.3. The number of rotatable bonds is 3. The summed E-state index contributed by atoms with van der Waals surface area (Å²) in [6, 6.07) is 12.4. The minimum atomic E-state index is -2.66. The number of benzene rings is 2. The number of hydrogen-bond donors (Lipinski definition) is 2. The first kappa shape index (κ1) is 25.0. The Morgan fingerprint density at radius 1 is 1.11 bits per heavy atom. The summed E-state index contributed by atoms with van der Waals surface area (Å²) in [4.78, 5) is 29.2. The van der Waals surface area contributed by atoms with Crippen molar-refractivity contribution in [1.29, 1.82) is 0 Å². The van der Waals surface area contributed by atoms with E-state index >= 15 is 0 Å². The van der Waals surface area contributed by atoms with Crippen molar-refractivity contribution in [3.8, 4) is 11.8 Å². The highest BCUT2D eigenvalue weighted by Gasteiger charge is 2.18. The van der Waals surface area contributed by atoms with Gasteiger partial charge in [-0.2, -0.15) is 4.36 Å². The number of carbonyl (C=O) groups is 2. The fraction of sp³-hybridized carbons (Fsp3) is 0.192. The second-order valence-electron chi connectivity index (χ2n) is 8.11. The van der Waals surface area contributed by atoms with Crippen LogP contribution in [0.5, 0.6) is 0 Å². The lowest BCUT2D eigenvalue weighted by atomic mass is 10.1. The van der Waals surface area contributed by atoms with Crippen LogP contribution in [0.1, 0.15) is 37.4 Å².